The van der Waals surface area contributed by atoms with Gasteiger partial charge in [0.15, 0.2) is 5.78 Å². The summed E-state index contributed by atoms with van der Waals surface area (Å²) < 4.78 is 0. The van der Waals surface area contributed by atoms with E-state index < -0.39 is 0 Å². The van der Waals surface area contributed by atoms with Gasteiger partial charge in [-0.3, -0.25) is 4.79 Å². The fraction of sp³-hybridized carbons (Fsp3) is 0.432. The molecule has 0 aromatic heterocycles. The van der Waals surface area contributed by atoms with Crippen molar-refractivity contribution in [2.24, 2.45) is 0 Å². The molecule has 0 radical (unpaired) electrons. The van der Waals surface area contributed by atoms with E-state index in [2.05, 4.69) is 135 Å². The van der Waals surface area contributed by atoms with Crippen LogP contribution >= 0.6 is 23.5 Å². The van der Waals surface area contributed by atoms with Crippen molar-refractivity contribution in [3.05, 3.63) is 96.6 Å². The number of anilines is 4. The minimum Gasteiger partial charge on any atom is -0.340 e. The Labute approximate surface area is 326 Å². The Kier molecular flexibility index (Phi) is 13.1. The Morgan fingerprint density at radius 1 is 0.528 bits per heavy atom. The zero-order valence-corrected chi connectivity index (χ0v) is 33.5. The molecule has 2 fully saturated rings. The molecule has 0 saturated carbocycles. The zero-order valence-electron chi connectivity index (χ0n) is 31.9. The Morgan fingerprint density at radius 3 is 1.40 bits per heavy atom. The summed E-state index contributed by atoms with van der Waals surface area (Å²) in [7, 11) is 4.42. The van der Waals surface area contributed by atoms with Crippen LogP contribution < -0.4 is 9.80 Å². The largest absolute Gasteiger partial charge is 0.340 e. The maximum absolute atomic E-state index is 12.5. The van der Waals surface area contributed by atoms with Crippen LogP contribution in [0, 0.1) is 0 Å². The minimum absolute atomic E-state index is 0.247. The van der Waals surface area contributed by atoms with Gasteiger partial charge in [0.2, 0.25) is 0 Å². The average Bonchev–Trinajstić information content (AvgIpc) is 3.19. The van der Waals surface area contributed by atoms with Gasteiger partial charge < -0.3 is 29.4 Å². The molecular weight excluding hydrogens is 693 g/mol. The summed E-state index contributed by atoms with van der Waals surface area (Å²) in [4.78, 5) is 32.7. The van der Waals surface area contributed by atoms with E-state index in [1.165, 1.54) is 81.5 Å². The third-order valence-electron chi connectivity index (χ3n) is 10.9. The summed E-state index contributed by atoms with van der Waals surface area (Å²) in [5, 5.41) is 0. The summed E-state index contributed by atoms with van der Waals surface area (Å²) in [5.41, 5.74) is 6.02. The van der Waals surface area contributed by atoms with Crippen molar-refractivity contribution >= 4 is 52.1 Å². The SMILES string of the molecule is CCCC(=O)c1ccc2c(c1)N(CCCN1CCN(C)CC1)c1ccccc1S2.CN1CCN(CCCN2c3ccccc3Sc3ccccc32)CC1. The van der Waals surface area contributed by atoms with Gasteiger partial charge in [-0.25, -0.2) is 0 Å². The fourth-order valence-corrected chi connectivity index (χ4v) is 9.86. The van der Waals surface area contributed by atoms with E-state index in [4.69, 9.17) is 0 Å². The van der Waals surface area contributed by atoms with Gasteiger partial charge in [0.25, 0.3) is 0 Å². The highest BCUT2D eigenvalue weighted by atomic mass is 32.2. The molecule has 0 amide bonds. The second-order valence-electron chi connectivity index (χ2n) is 14.8. The molecule has 2 saturated heterocycles. The normalized spacial score (nSPS) is 17.6. The minimum atomic E-state index is 0.247. The van der Waals surface area contributed by atoms with E-state index in [0.717, 1.165) is 64.2 Å². The molecule has 7 nitrogen and oxygen atoms in total. The number of ketones is 1. The first-order valence-electron chi connectivity index (χ1n) is 19.6. The van der Waals surface area contributed by atoms with E-state index >= 15 is 0 Å². The Morgan fingerprint density at radius 2 is 0.943 bits per heavy atom. The van der Waals surface area contributed by atoms with Crippen LogP contribution in [-0.2, 0) is 0 Å². The fourth-order valence-electron chi connectivity index (χ4n) is 7.68. The first-order valence-corrected chi connectivity index (χ1v) is 21.3. The van der Waals surface area contributed by atoms with Gasteiger partial charge in [-0.2, -0.15) is 0 Å². The van der Waals surface area contributed by atoms with Gasteiger partial charge in [-0.15, -0.1) is 0 Å². The highest BCUT2D eigenvalue weighted by molar-refractivity contribution is 8.00. The van der Waals surface area contributed by atoms with Gasteiger partial charge in [0.1, 0.15) is 0 Å². The zero-order chi connectivity index (χ0) is 36.6. The highest BCUT2D eigenvalue weighted by Crippen LogP contribution is 2.49. The van der Waals surface area contributed by atoms with Crippen LogP contribution in [0.15, 0.2) is 111 Å². The number of fused-ring (bicyclic) bond motifs is 4. The molecule has 0 spiro atoms. The van der Waals surface area contributed by atoms with Crippen LogP contribution in [0.5, 0.6) is 0 Å². The molecule has 0 atom stereocenters. The van der Waals surface area contributed by atoms with Gasteiger partial charge >= 0.3 is 0 Å². The smallest absolute Gasteiger partial charge is 0.162 e. The number of rotatable bonds is 11. The number of para-hydroxylation sites is 3. The third-order valence-corrected chi connectivity index (χ3v) is 13.1. The molecule has 4 aromatic rings. The molecule has 0 unspecified atom stereocenters. The van der Waals surface area contributed by atoms with Crippen LogP contribution in [0.2, 0.25) is 0 Å². The Hall–Kier alpha value is -3.31. The van der Waals surface area contributed by atoms with E-state index in [0.29, 0.717) is 6.42 Å². The molecule has 0 N–H and O–H groups in total. The second kappa shape index (κ2) is 18.3. The number of hydrogen-bond donors (Lipinski definition) is 0. The monoisotopic (exact) mass is 748 g/mol. The topological polar surface area (TPSA) is 36.5 Å². The summed E-state index contributed by atoms with van der Waals surface area (Å²) in [6.45, 7) is 15.9. The molecule has 0 aliphatic carbocycles. The van der Waals surface area contributed by atoms with E-state index in [1.807, 2.05) is 29.6 Å². The maximum atomic E-state index is 12.5. The average molecular weight is 749 g/mol. The quantitative estimate of drug-likeness (QED) is 0.140. The Bertz CT molecular complexity index is 1770. The third kappa shape index (κ3) is 9.50. The van der Waals surface area contributed by atoms with Crippen LogP contribution in [0.25, 0.3) is 0 Å². The molecule has 8 rings (SSSR count). The standard InChI is InChI=1S/C24H31N3OS.C20H25N3S/c1-3-7-22(28)19-10-11-24-21(18-19)27(20-8-4-5-9-23(20)29-24)13-6-12-26-16-14-25(2)15-17-26;1-21-13-15-22(16-14-21)11-6-12-23-17-7-2-4-9-19(17)24-20-10-5-3-8-18(20)23/h4-5,8-11,18H,3,6-7,12-17H2,1-2H3;2-5,7-10H,6,11-16H2,1H3. The molecule has 9 heteroatoms. The van der Waals surface area contributed by atoms with Crippen molar-refractivity contribution in [3.63, 3.8) is 0 Å². The molecule has 4 aliphatic rings. The number of Topliss-reactive ketones (excluding diaryl/α,β-unsaturated/α-hetero) is 1. The number of likely N-dealkylation sites (N-methyl/N-ethyl adjacent to an activating group) is 2. The van der Waals surface area contributed by atoms with E-state index in [1.54, 1.807) is 0 Å². The summed E-state index contributed by atoms with van der Waals surface area (Å²) in [5.74, 6) is 0.247. The number of benzene rings is 4. The molecule has 4 aliphatic heterocycles. The molecule has 53 heavy (non-hydrogen) atoms. The number of carbonyl (C=O) groups is 1. The lowest BCUT2D eigenvalue weighted by molar-refractivity contribution is 0.0981. The van der Waals surface area contributed by atoms with Crippen molar-refractivity contribution in [3.8, 4) is 0 Å². The van der Waals surface area contributed by atoms with Crippen molar-refractivity contribution in [2.75, 3.05) is 102 Å². The number of carbonyl (C=O) groups excluding carboxylic acids is 1. The number of piperazine rings is 2. The van der Waals surface area contributed by atoms with Crippen molar-refractivity contribution in [2.45, 2.75) is 52.2 Å². The van der Waals surface area contributed by atoms with Crippen molar-refractivity contribution in [1.82, 2.24) is 19.6 Å². The van der Waals surface area contributed by atoms with Crippen molar-refractivity contribution < 1.29 is 4.79 Å². The van der Waals surface area contributed by atoms with Crippen LogP contribution in [0.3, 0.4) is 0 Å². The number of hydrogen-bond acceptors (Lipinski definition) is 9. The predicted octanol–water partition coefficient (Wildman–Crippen LogP) is 8.84. The summed E-state index contributed by atoms with van der Waals surface area (Å²) in [6, 6.07) is 32.5. The molecule has 0 bridgehead atoms. The molecule has 4 aromatic carbocycles. The lowest BCUT2D eigenvalue weighted by atomic mass is 10.1. The summed E-state index contributed by atoms with van der Waals surface area (Å²) in [6.07, 6.45) is 3.83. The van der Waals surface area contributed by atoms with E-state index in [-0.39, 0.29) is 5.78 Å². The maximum Gasteiger partial charge on any atom is 0.162 e. The van der Waals surface area contributed by atoms with Gasteiger partial charge in [-0.05, 0) is 95.0 Å². The summed E-state index contributed by atoms with van der Waals surface area (Å²) >= 11 is 3.70. The number of nitrogens with zero attached hydrogens (tertiary/aromatic N) is 6. The van der Waals surface area contributed by atoms with Crippen LogP contribution in [0.1, 0.15) is 43.0 Å². The van der Waals surface area contributed by atoms with Crippen LogP contribution in [-0.4, -0.2) is 118 Å². The Balaban J connectivity index is 0.000000167. The first kappa shape index (κ1) is 38.0. The lowest BCUT2D eigenvalue weighted by Crippen LogP contribution is -2.45. The van der Waals surface area contributed by atoms with Gasteiger partial charge in [-0.1, -0.05) is 72.9 Å². The molecule has 280 valence electrons. The first-order chi connectivity index (χ1) is 26.0. The second-order valence-corrected chi connectivity index (χ2v) is 16.9. The van der Waals surface area contributed by atoms with Gasteiger partial charge in [0.05, 0.1) is 22.7 Å². The van der Waals surface area contributed by atoms with Crippen LogP contribution in [0.4, 0.5) is 22.7 Å². The van der Waals surface area contributed by atoms with E-state index in [9.17, 15) is 4.79 Å². The molecular formula is C44H56N6OS2. The lowest BCUT2D eigenvalue weighted by Gasteiger charge is -2.35. The molecule has 4 heterocycles. The highest BCUT2D eigenvalue weighted by Gasteiger charge is 2.25. The predicted molar refractivity (Wildman–Crippen MR) is 224 cm³/mol. The van der Waals surface area contributed by atoms with Gasteiger partial charge in [0, 0.05) is 97.0 Å². The van der Waals surface area contributed by atoms with Crippen molar-refractivity contribution in [1.29, 1.82) is 0 Å².